The van der Waals surface area contributed by atoms with Gasteiger partial charge in [-0.05, 0) is 55.6 Å². The van der Waals surface area contributed by atoms with Crippen molar-refractivity contribution in [1.82, 2.24) is 0 Å². The molecule has 0 amide bonds. The molecule has 0 radical (unpaired) electrons. The zero-order valence-electron chi connectivity index (χ0n) is 11.7. The van der Waals surface area contributed by atoms with Gasteiger partial charge in [-0.25, -0.2) is 0 Å². The fourth-order valence-electron chi connectivity index (χ4n) is 3.13. The Morgan fingerprint density at radius 1 is 1.00 bits per heavy atom. The van der Waals surface area contributed by atoms with E-state index in [-0.39, 0.29) is 0 Å². The molecule has 1 heterocycles. The number of benzene rings is 1. The summed E-state index contributed by atoms with van der Waals surface area (Å²) in [6.45, 7) is 2.19. The molecule has 1 atom stereocenters. The van der Waals surface area contributed by atoms with Gasteiger partial charge in [0.1, 0.15) is 0 Å². The van der Waals surface area contributed by atoms with Gasteiger partial charge in [0, 0.05) is 5.71 Å². The van der Waals surface area contributed by atoms with E-state index in [9.17, 15) is 0 Å². The summed E-state index contributed by atoms with van der Waals surface area (Å²) in [6.07, 6.45) is 8.54. The summed E-state index contributed by atoms with van der Waals surface area (Å²) in [4.78, 5) is 0. The Morgan fingerprint density at radius 3 is 2.63 bits per heavy atom. The van der Waals surface area contributed by atoms with Crippen molar-refractivity contribution < 1.29 is 0 Å². The van der Waals surface area contributed by atoms with Gasteiger partial charge in [-0.1, -0.05) is 37.6 Å². The second-order valence-electron chi connectivity index (χ2n) is 5.67. The highest BCUT2D eigenvalue weighted by atomic mass is 15.2. The largest absolute Gasteiger partial charge is 0.160 e. The van der Waals surface area contributed by atoms with Crippen LogP contribution in [0.1, 0.15) is 56.6 Å². The van der Waals surface area contributed by atoms with Crippen molar-refractivity contribution in [2.24, 2.45) is 16.1 Å². The Kier molecular flexibility index (Phi) is 3.77. The van der Waals surface area contributed by atoms with E-state index in [1.807, 2.05) is 0 Å². The van der Waals surface area contributed by atoms with Crippen molar-refractivity contribution in [3.05, 3.63) is 35.4 Å². The normalized spacial score (nSPS) is 23.1. The summed E-state index contributed by atoms with van der Waals surface area (Å²) < 4.78 is 0. The van der Waals surface area contributed by atoms with E-state index in [0.717, 1.165) is 19.3 Å². The number of aryl methyl sites for hydroxylation is 1. The van der Waals surface area contributed by atoms with Crippen LogP contribution in [0.15, 0.2) is 34.5 Å². The van der Waals surface area contributed by atoms with E-state index in [4.69, 9.17) is 0 Å². The van der Waals surface area contributed by atoms with Crippen LogP contribution < -0.4 is 0 Å². The zero-order valence-corrected chi connectivity index (χ0v) is 11.7. The molecule has 2 nitrogen and oxygen atoms in total. The van der Waals surface area contributed by atoms with Gasteiger partial charge < -0.3 is 0 Å². The van der Waals surface area contributed by atoms with Gasteiger partial charge >= 0.3 is 0 Å². The lowest BCUT2D eigenvalue weighted by atomic mass is 9.83. The standard InChI is InChI=1S/C17H22N2/c1-2-13-7-9-15(10-8-13)17-12-11-14-5-3-4-6-16(14)18-19-17/h7-10,14H,2-6,11-12H2,1H3. The van der Waals surface area contributed by atoms with Crippen LogP contribution in [0, 0.1) is 5.92 Å². The van der Waals surface area contributed by atoms with E-state index in [2.05, 4.69) is 41.4 Å². The van der Waals surface area contributed by atoms with Crippen LogP contribution in [0.25, 0.3) is 0 Å². The van der Waals surface area contributed by atoms with Crippen LogP contribution in [0.5, 0.6) is 0 Å². The minimum atomic E-state index is 0.699. The molecule has 2 aliphatic rings. The Bertz CT molecular complexity index is 496. The number of fused-ring (bicyclic) bond motifs is 1. The van der Waals surface area contributed by atoms with Gasteiger partial charge in [0.2, 0.25) is 0 Å². The molecule has 1 aliphatic carbocycles. The highest BCUT2D eigenvalue weighted by Gasteiger charge is 2.23. The summed E-state index contributed by atoms with van der Waals surface area (Å²) in [6, 6.07) is 8.82. The number of nitrogens with zero attached hydrogens (tertiary/aromatic N) is 2. The summed E-state index contributed by atoms with van der Waals surface area (Å²) in [5.41, 5.74) is 5.16. The second kappa shape index (κ2) is 5.68. The highest BCUT2D eigenvalue weighted by Crippen LogP contribution is 2.28. The van der Waals surface area contributed by atoms with Crippen LogP contribution in [-0.2, 0) is 6.42 Å². The van der Waals surface area contributed by atoms with Gasteiger partial charge in [-0.15, -0.1) is 0 Å². The van der Waals surface area contributed by atoms with Crippen LogP contribution >= 0.6 is 0 Å². The first kappa shape index (κ1) is 12.6. The fourth-order valence-corrected chi connectivity index (χ4v) is 3.13. The molecule has 1 unspecified atom stereocenters. The Morgan fingerprint density at radius 2 is 1.84 bits per heavy atom. The van der Waals surface area contributed by atoms with E-state index >= 15 is 0 Å². The molecule has 19 heavy (non-hydrogen) atoms. The molecule has 1 aromatic carbocycles. The molecule has 0 spiro atoms. The molecule has 100 valence electrons. The van der Waals surface area contributed by atoms with Crippen LogP contribution in [0.4, 0.5) is 0 Å². The van der Waals surface area contributed by atoms with E-state index < -0.39 is 0 Å². The summed E-state index contributed by atoms with van der Waals surface area (Å²) in [7, 11) is 0. The van der Waals surface area contributed by atoms with Gasteiger partial charge in [-0.3, -0.25) is 0 Å². The van der Waals surface area contributed by atoms with Crippen LogP contribution in [0.2, 0.25) is 0 Å². The maximum Gasteiger partial charge on any atom is 0.0702 e. The predicted octanol–water partition coefficient (Wildman–Crippen LogP) is 4.38. The average molecular weight is 254 g/mol. The van der Waals surface area contributed by atoms with E-state index in [1.165, 1.54) is 48.2 Å². The molecule has 1 saturated carbocycles. The van der Waals surface area contributed by atoms with Crippen LogP contribution in [-0.4, -0.2) is 11.4 Å². The molecular weight excluding hydrogens is 232 g/mol. The molecule has 1 aliphatic heterocycles. The average Bonchev–Trinajstić information content (AvgIpc) is 2.70. The first-order valence-electron chi connectivity index (χ1n) is 7.59. The number of hydrogen-bond donors (Lipinski definition) is 0. The molecule has 2 heteroatoms. The first-order chi connectivity index (χ1) is 9.36. The van der Waals surface area contributed by atoms with E-state index in [1.54, 1.807) is 0 Å². The third-order valence-corrected chi connectivity index (χ3v) is 4.43. The van der Waals surface area contributed by atoms with Crippen molar-refractivity contribution in [1.29, 1.82) is 0 Å². The Hall–Kier alpha value is -1.44. The molecule has 0 aromatic heterocycles. The zero-order chi connectivity index (χ0) is 13.1. The van der Waals surface area contributed by atoms with Crippen molar-refractivity contribution in [2.45, 2.75) is 51.9 Å². The smallest absolute Gasteiger partial charge is 0.0702 e. The Labute approximate surface area is 115 Å². The lowest BCUT2D eigenvalue weighted by molar-refractivity contribution is 0.507. The molecule has 0 saturated heterocycles. The SMILES string of the molecule is CCc1ccc(C2=NN=C3CCCCC3CC2)cc1. The summed E-state index contributed by atoms with van der Waals surface area (Å²) in [5.74, 6) is 0.699. The molecule has 0 bridgehead atoms. The van der Waals surface area contributed by atoms with Crippen LogP contribution in [0.3, 0.4) is 0 Å². The quantitative estimate of drug-likeness (QED) is 0.748. The third kappa shape index (κ3) is 2.78. The molecule has 3 rings (SSSR count). The molecular formula is C17H22N2. The van der Waals surface area contributed by atoms with Crippen molar-refractivity contribution in [3.63, 3.8) is 0 Å². The molecule has 0 N–H and O–H groups in total. The van der Waals surface area contributed by atoms with Gasteiger partial charge in [-0.2, -0.15) is 10.2 Å². The summed E-state index contributed by atoms with van der Waals surface area (Å²) in [5, 5.41) is 9.09. The summed E-state index contributed by atoms with van der Waals surface area (Å²) >= 11 is 0. The predicted molar refractivity (Wildman–Crippen MR) is 81.0 cm³/mol. The Balaban J connectivity index is 1.81. The minimum absolute atomic E-state index is 0.699. The van der Waals surface area contributed by atoms with Crippen molar-refractivity contribution in [3.8, 4) is 0 Å². The topological polar surface area (TPSA) is 24.7 Å². The fraction of sp³-hybridized carbons (Fsp3) is 0.529. The highest BCUT2D eigenvalue weighted by molar-refractivity contribution is 6.02. The van der Waals surface area contributed by atoms with Gasteiger partial charge in [0.25, 0.3) is 0 Å². The van der Waals surface area contributed by atoms with E-state index in [0.29, 0.717) is 5.92 Å². The third-order valence-electron chi connectivity index (χ3n) is 4.43. The molecule has 1 fully saturated rings. The van der Waals surface area contributed by atoms with Crippen molar-refractivity contribution in [2.75, 3.05) is 0 Å². The minimum Gasteiger partial charge on any atom is -0.160 e. The number of hydrogen-bond acceptors (Lipinski definition) is 2. The number of rotatable bonds is 2. The second-order valence-corrected chi connectivity index (χ2v) is 5.67. The lowest BCUT2D eigenvalue weighted by Gasteiger charge is -2.21. The molecule has 1 aromatic rings. The first-order valence-corrected chi connectivity index (χ1v) is 7.59. The maximum atomic E-state index is 4.55. The van der Waals surface area contributed by atoms with Gasteiger partial charge in [0.15, 0.2) is 0 Å². The van der Waals surface area contributed by atoms with Gasteiger partial charge in [0.05, 0.1) is 5.71 Å². The lowest BCUT2D eigenvalue weighted by Crippen LogP contribution is -2.18. The maximum absolute atomic E-state index is 4.55. The van der Waals surface area contributed by atoms with Crippen molar-refractivity contribution >= 4 is 11.4 Å². The monoisotopic (exact) mass is 254 g/mol.